The van der Waals surface area contributed by atoms with Crippen molar-refractivity contribution in [3.05, 3.63) is 82.8 Å². The Bertz CT molecular complexity index is 1460. The maximum Gasteiger partial charge on any atom is 0.243 e. The molecule has 0 unspecified atom stereocenters. The molecule has 2 aromatic heterocycles. The van der Waals surface area contributed by atoms with Crippen LogP contribution in [0.25, 0.3) is 16.9 Å². The fourth-order valence-electron chi connectivity index (χ4n) is 4.47. The van der Waals surface area contributed by atoms with Crippen molar-refractivity contribution in [3.8, 4) is 5.69 Å². The van der Waals surface area contributed by atoms with Gasteiger partial charge in [-0.3, -0.25) is 9.47 Å². The summed E-state index contributed by atoms with van der Waals surface area (Å²) in [4.78, 5) is 12.0. The summed E-state index contributed by atoms with van der Waals surface area (Å²) in [5.41, 5.74) is 4.52. The first-order valence-corrected chi connectivity index (χ1v) is 13.0. The molecule has 1 aliphatic heterocycles. The Hall–Kier alpha value is -2.78. The maximum absolute atomic E-state index is 13.2. The standard InChI is InChI=1S/C25H26ClN5O2S/c1-18-5-3-6-21(15-18)31-24(28-22-7-4-10-27-25(22)31)17-29-11-13-30(14-12-29)34(32,33)23-9-8-20(26)16-19(23)2/h3-10,15-16H,11-14,17H2,1-2H3. The smallest absolute Gasteiger partial charge is 0.243 e. The van der Waals surface area contributed by atoms with E-state index in [0.717, 1.165) is 28.2 Å². The first kappa shape index (κ1) is 23.0. The van der Waals surface area contributed by atoms with Crippen molar-refractivity contribution in [2.75, 3.05) is 26.2 Å². The second-order valence-corrected chi connectivity index (χ2v) is 11.0. The van der Waals surface area contributed by atoms with Gasteiger partial charge in [-0.15, -0.1) is 0 Å². The van der Waals surface area contributed by atoms with Gasteiger partial charge in [0.05, 0.1) is 11.4 Å². The Morgan fingerprint density at radius 1 is 0.971 bits per heavy atom. The number of piperazine rings is 1. The van der Waals surface area contributed by atoms with E-state index >= 15 is 0 Å². The summed E-state index contributed by atoms with van der Waals surface area (Å²) in [5.74, 6) is 0.893. The third kappa shape index (κ3) is 4.34. The van der Waals surface area contributed by atoms with Crippen molar-refractivity contribution in [2.45, 2.75) is 25.3 Å². The molecule has 0 aliphatic carbocycles. The number of hydrogen-bond acceptors (Lipinski definition) is 5. The number of aromatic nitrogens is 3. The molecule has 0 N–H and O–H groups in total. The summed E-state index contributed by atoms with van der Waals surface area (Å²) in [6.07, 6.45) is 1.78. The topological polar surface area (TPSA) is 71.3 Å². The Labute approximate surface area is 204 Å². The van der Waals surface area contributed by atoms with Crippen LogP contribution in [0.1, 0.15) is 17.0 Å². The molecule has 0 radical (unpaired) electrons. The molecule has 176 valence electrons. The number of aryl methyl sites for hydroxylation is 2. The highest BCUT2D eigenvalue weighted by atomic mass is 35.5. The summed E-state index contributed by atoms with van der Waals surface area (Å²) in [6, 6.07) is 17.1. The van der Waals surface area contributed by atoms with Crippen molar-refractivity contribution in [1.82, 2.24) is 23.7 Å². The first-order valence-electron chi connectivity index (χ1n) is 11.2. The lowest BCUT2D eigenvalue weighted by Gasteiger charge is -2.34. The molecular formula is C25H26ClN5O2S. The lowest BCUT2D eigenvalue weighted by molar-refractivity contribution is 0.177. The van der Waals surface area contributed by atoms with Crippen molar-refractivity contribution < 1.29 is 8.42 Å². The monoisotopic (exact) mass is 495 g/mol. The second-order valence-electron chi connectivity index (χ2n) is 8.64. The Morgan fingerprint density at radius 2 is 1.76 bits per heavy atom. The normalized spacial score (nSPS) is 15.7. The fourth-order valence-corrected chi connectivity index (χ4v) is 6.33. The fraction of sp³-hybridized carbons (Fsp3) is 0.280. The number of hydrogen-bond donors (Lipinski definition) is 0. The minimum Gasteiger partial charge on any atom is -0.293 e. The molecule has 1 saturated heterocycles. The molecular weight excluding hydrogens is 470 g/mol. The van der Waals surface area contributed by atoms with Gasteiger partial charge in [-0.2, -0.15) is 4.31 Å². The summed E-state index contributed by atoms with van der Waals surface area (Å²) >= 11 is 6.02. The van der Waals surface area contributed by atoms with Gasteiger partial charge in [0.25, 0.3) is 0 Å². The van der Waals surface area contributed by atoms with Crippen LogP contribution in [0.2, 0.25) is 5.02 Å². The van der Waals surface area contributed by atoms with Gasteiger partial charge in [-0.05, 0) is 67.4 Å². The van der Waals surface area contributed by atoms with E-state index in [1.54, 1.807) is 35.6 Å². The van der Waals surface area contributed by atoms with Gasteiger partial charge in [-0.1, -0.05) is 23.7 Å². The molecule has 5 rings (SSSR count). The molecule has 4 aromatic rings. The largest absolute Gasteiger partial charge is 0.293 e. The van der Waals surface area contributed by atoms with Crippen LogP contribution in [-0.4, -0.2) is 58.3 Å². The highest BCUT2D eigenvalue weighted by Crippen LogP contribution is 2.25. The number of rotatable bonds is 5. The highest BCUT2D eigenvalue weighted by molar-refractivity contribution is 7.89. The SMILES string of the molecule is Cc1cccc(-n2c(CN3CCN(S(=O)(=O)c4ccc(Cl)cc4C)CC3)nc3cccnc32)c1. The van der Waals surface area contributed by atoms with Crippen LogP contribution in [0, 0.1) is 13.8 Å². The number of halogens is 1. The maximum atomic E-state index is 13.2. The van der Waals surface area contributed by atoms with Crippen LogP contribution >= 0.6 is 11.6 Å². The van der Waals surface area contributed by atoms with E-state index < -0.39 is 10.0 Å². The van der Waals surface area contributed by atoms with E-state index in [1.165, 1.54) is 0 Å². The van der Waals surface area contributed by atoms with Gasteiger partial charge >= 0.3 is 0 Å². The van der Waals surface area contributed by atoms with Gasteiger partial charge in [-0.25, -0.2) is 18.4 Å². The average Bonchev–Trinajstić information content (AvgIpc) is 3.17. The Kier molecular flexibility index (Phi) is 6.16. The second kappa shape index (κ2) is 9.11. The molecule has 34 heavy (non-hydrogen) atoms. The van der Waals surface area contributed by atoms with Gasteiger partial charge < -0.3 is 0 Å². The quantitative estimate of drug-likeness (QED) is 0.415. The number of nitrogens with zero attached hydrogens (tertiary/aromatic N) is 5. The lowest BCUT2D eigenvalue weighted by Crippen LogP contribution is -2.48. The Balaban J connectivity index is 1.37. The first-order chi connectivity index (χ1) is 16.3. The zero-order valence-electron chi connectivity index (χ0n) is 19.1. The van der Waals surface area contributed by atoms with Crippen LogP contribution in [0.5, 0.6) is 0 Å². The number of sulfonamides is 1. The van der Waals surface area contributed by atoms with E-state index in [2.05, 4.69) is 39.6 Å². The van der Waals surface area contributed by atoms with E-state index in [1.807, 2.05) is 18.2 Å². The molecule has 0 saturated carbocycles. The molecule has 3 heterocycles. The molecule has 1 aliphatic rings. The van der Waals surface area contributed by atoms with E-state index in [0.29, 0.717) is 48.2 Å². The predicted molar refractivity (Wildman–Crippen MR) is 134 cm³/mol. The molecule has 2 aromatic carbocycles. The van der Waals surface area contributed by atoms with Crippen LogP contribution in [-0.2, 0) is 16.6 Å². The molecule has 9 heteroatoms. The Morgan fingerprint density at radius 3 is 2.50 bits per heavy atom. The van der Waals surface area contributed by atoms with Gasteiger partial charge in [0.15, 0.2) is 5.65 Å². The highest BCUT2D eigenvalue weighted by Gasteiger charge is 2.30. The molecule has 7 nitrogen and oxygen atoms in total. The molecule has 0 atom stereocenters. The summed E-state index contributed by atoms with van der Waals surface area (Å²) in [7, 11) is -3.56. The minimum atomic E-state index is -3.56. The molecule has 0 spiro atoms. The summed E-state index contributed by atoms with van der Waals surface area (Å²) in [5, 5.41) is 0.534. The summed E-state index contributed by atoms with van der Waals surface area (Å²) in [6.45, 7) is 6.54. The van der Waals surface area contributed by atoms with Crippen LogP contribution < -0.4 is 0 Å². The predicted octanol–water partition coefficient (Wildman–Crippen LogP) is 4.20. The van der Waals surface area contributed by atoms with Gasteiger partial charge in [0, 0.05) is 43.1 Å². The van der Waals surface area contributed by atoms with Gasteiger partial charge in [0.2, 0.25) is 10.0 Å². The molecule has 0 amide bonds. The van der Waals surface area contributed by atoms with Gasteiger partial charge in [0.1, 0.15) is 11.3 Å². The number of imidazole rings is 1. The van der Waals surface area contributed by atoms with Crippen molar-refractivity contribution >= 4 is 32.8 Å². The van der Waals surface area contributed by atoms with E-state index in [9.17, 15) is 8.42 Å². The number of fused-ring (bicyclic) bond motifs is 1. The summed E-state index contributed by atoms with van der Waals surface area (Å²) < 4.78 is 30.1. The zero-order valence-corrected chi connectivity index (χ0v) is 20.7. The number of pyridine rings is 1. The molecule has 1 fully saturated rings. The third-order valence-corrected chi connectivity index (χ3v) is 8.49. The van der Waals surface area contributed by atoms with E-state index in [-0.39, 0.29) is 0 Å². The van der Waals surface area contributed by atoms with Crippen molar-refractivity contribution in [3.63, 3.8) is 0 Å². The molecule has 0 bridgehead atoms. The number of benzene rings is 2. The third-order valence-electron chi connectivity index (χ3n) is 6.20. The minimum absolute atomic E-state index is 0.317. The van der Waals surface area contributed by atoms with Crippen LogP contribution in [0.3, 0.4) is 0 Å². The average molecular weight is 496 g/mol. The van der Waals surface area contributed by atoms with Crippen LogP contribution in [0.4, 0.5) is 0 Å². The van der Waals surface area contributed by atoms with Crippen molar-refractivity contribution in [2.24, 2.45) is 0 Å². The van der Waals surface area contributed by atoms with E-state index in [4.69, 9.17) is 16.6 Å². The van der Waals surface area contributed by atoms with Crippen LogP contribution in [0.15, 0.2) is 65.7 Å². The van der Waals surface area contributed by atoms with Crippen molar-refractivity contribution in [1.29, 1.82) is 0 Å². The lowest BCUT2D eigenvalue weighted by atomic mass is 10.2. The zero-order chi connectivity index (χ0) is 23.9.